The van der Waals surface area contributed by atoms with E-state index in [2.05, 4.69) is 22.9 Å². The topological polar surface area (TPSA) is 3.01 Å². The zero-order chi connectivity index (χ0) is 4.99. The van der Waals surface area contributed by atoms with E-state index in [4.69, 9.17) is 0 Å². The number of hydrogen-bond donors (Lipinski definition) is 0. The molecule has 0 saturated carbocycles. The van der Waals surface area contributed by atoms with Crippen molar-refractivity contribution in [1.82, 2.24) is 0 Å². The van der Waals surface area contributed by atoms with Gasteiger partial charge in [-0.25, -0.2) is 4.58 Å². The van der Waals surface area contributed by atoms with Crippen molar-refractivity contribution in [1.29, 1.82) is 0 Å². The largest absolute Gasteiger partial charge is 0.233 e. The molecule has 0 spiro atoms. The second kappa shape index (κ2) is 3.34. The normalized spacial score (nSPS) is 12.2. The van der Waals surface area contributed by atoms with E-state index in [1.165, 1.54) is 0 Å². The monoisotopic (exact) mass is 150 g/mol. The Morgan fingerprint density at radius 3 is 2.33 bits per heavy atom. The SMILES string of the molecule is CC[N+](C)=CBr. The van der Waals surface area contributed by atoms with E-state index >= 15 is 0 Å². The van der Waals surface area contributed by atoms with Gasteiger partial charge in [0.05, 0.1) is 0 Å². The predicted octanol–water partition coefficient (Wildman–Crippen LogP) is 1.07. The van der Waals surface area contributed by atoms with Crippen molar-refractivity contribution in [3.05, 3.63) is 0 Å². The third kappa shape index (κ3) is 2.39. The Balaban J connectivity index is 3.22. The molecule has 0 aliphatic rings. The van der Waals surface area contributed by atoms with Crippen molar-refractivity contribution < 1.29 is 4.58 Å². The van der Waals surface area contributed by atoms with Crippen LogP contribution in [-0.2, 0) is 0 Å². The van der Waals surface area contributed by atoms with Gasteiger partial charge in [-0.2, -0.15) is 0 Å². The number of hydrogen-bond acceptors (Lipinski definition) is 0. The van der Waals surface area contributed by atoms with E-state index in [0.29, 0.717) is 0 Å². The van der Waals surface area contributed by atoms with Gasteiger partial charge in [-0.3, -0.25) is 0 Å². The molecular formula is C4H9BrN+. The van der Waals surface area contributed by atoms with Crippen molar-refractivity contribution in [3.63, 3.8) is 0 Å². The van der Waals surface area contributed by atoms with Crippen LogP contribution in [0.4, 0.5) is 0 Å². The Hall–Kier alpha value is 0.150. The number of nitrogens with zero attached hydrogens (tertiary/aromatic N) is 1. The molecule has 0 radical (unpaired) electrons. The lowest BCUT2D eigenvalue weighted by molar-refractivity contribution is -0.485. The highest BCUT2D eigenvalue weighted by atomic mass is 79.9. The number of rotatable bonds is 1. The molecule has 0 unspecified atom stereocenters. The molecule has 0 fully saturated rings. The molecule has 0 amide bonds. The highest BCUT2D eigenvalue weighted by Crippen LogP contribution is 1.68. The molecule has 0 aromatic heterocycles. The third-order valence-corrected chi connectivity index (χ3v) is 1.36. The van der Waals surface area contributed by atoms with Crippen LogP contribution in [0.25, 0.3) is 0 Å². The quantitative estimate of drug-likeness (QED) is 0.389. The van der Waals surface area contributed by atoms with Gasteiger partial charge in [-0.05, 0) is 6.92 Å². The van der Waals surface area contributed by atoms with Crippen LogP contribution in [0, 0.1) is 0 Å². The summed E-state index contributed by atoms with van der Waals surface area (Å²) in [5.41, 5.74) is 0. The molecule has 0 aliphatic heterocycles. The average Bonchev–Trinajstić information content (AvgIpc) is 1.65. The van der Waals surface area contributed by atoms with Crippen molar-refractivity contribution in [2.75, 3.05) is 13.6 Å². The standard InChI is InChI=1S/C4H9BrN/c1-3-6(2)4-5/h4H,3H2,1-2H3/q+1. The summed E-state index contributed by atoms with van der Waals surface area (Å²) >= 11 is 3.18. The Kier molecular flexibility index (Phi) is 3.43. The summed E-state index contributed by atoms with van der Waals surface area (Å²) in [5, 5.41) is 1.87. The van der Waals surface area contributed by atoms with Gasteiger partial charge in [-0.15, -0.1) is 0 Å². The average molecular weight is 151 g/mol. The van der Waals surface area contributed by atoms with Crippen LogP contribution in [0.5, 0.6) is 0 Å². The summed E-state index contributed by atoms with van der Waals surface area (Å²) in [6.07, 6.45) is 0. The Bertz CT molecular complexity index is 58.6. The summed E-state index contributed by atoms with van der Waals surface area (Å²) < 4.78 is 2.04. The van der Waals surface area contributed by atoms with E-state index in [1.54, 1.807) is 0 Å². The first-order chi connectivity index (χ1) is 2.81. The highest BCUT2D eigenvalue weighted by Gasteiger charge is 1.79. The van der Waals surface area contributed by atoms with Crippen molar-refractivity contribution in [2.45, 2.75) is 6.92 Å². The Morgan fingerprint density at radius 2 is 2.33 bits per heavy atom. The maximum atomic E-state index is 3.18. The van der Waals surface area contributed by atoms with Crippen LogP contribution in [0.1, 0.15) is 6.92 Å². The van der Waals surface area contributed by atoms with Crippen LogP contribution >= 0.6 is 15.9 Å². The van der Waals surface area contributed by atoms with Crippen molar-refractivity contribution in [2.24, 2.45) is 0 Å². The second-order valence-electron chi connectivity index (χ2n) is 1.17. The smallest absolute Gasteiger partial charge is 0.206 e. The second-order valence-corrected chi connectivity index (χ2v) is 1.58. The molecule has 0 atom stereocenters. The minimum absolute atomic E-state index is 1.06. The molecule has 0 aromatic rings. The first kappa shape index (κ1) is 6.15. The Morgan fingerprint density at radius 1 is 1.83 bits per heavy atom. The lowest BCUT2D eigenvalue weighted by Crippen LogP contribution is -2.00. The molecule has 0 aliphatic carbocycles. The van der Waals surface area contributed by atoms with Crippen LogP contribution < -0.4 is 0 Å². The van der Waals surface area contributed by atoms with Gasteiger partial charge >= 0.3 is 0 Å². The molecule has 36 valence electrons. The van der Waals surface area contributed by atoms with Gasteiger partial charge in [0.1, 0.15) is 13.6 Å². The van der Waals surface area contributed by atoms with Crippen molar-refractivity contribution in [3.8, 4) is 0 Å². The van der Waals surface area contributed by atoms with Gasteiger partial charge in [0, 0.05) is 15.9 Å². The van der Waals surface area contributed by atoms with Crippen LogP contribution in [-0.4, -0.2) is 23.3 Å². The zero-order valence-electron chi connectivity index (χ0n) is 4.11. The van der Waals surface area contributed by atoms with Crippen molar-refractivity contribution >= 4 is 21.1 Å². The molecule has 0 bridgehead atoms. The van der Waals surface area contributed by atoms with E-state index in [9.17, 15) is 0 Å². The Labute approximate surface area is 46.8 Å². The van der Waals surface area contributed by atoms with Gasteiger partial charge in [0.25, 0.3) is 0 Å². The maximum absolute atomic E-state index is 3.18. The van der Waals surface area contributed by atoms with Gasteiger partial charge < -0.3 is 0 Å². The van der Waals surface area contributed by atoms with Gasteiger partial charge in [0.2, 0.25) is 5.12 Å². The predicted molar refractivity (Wildman–Crippen MR) is 31.7 cm³/mol. The lowest BCUT2D eigenvalue weighted by atomic mass is 10.7. The molecule has 0 rings (SSSR count). The summed E-state index contributed by atoms with van der Waals surface area (Å²) in [6, 6.07) is 0. The van der Waals surface area contributed by atoms with E-state index in [0.717, 1.165) is 6.54 Å². The minimum Gasteiger partial charge on any atom is -0.233 e. The fourth-order valence-electron chi connectivity index (χ4n) is 0.0690. The summed E-state index contributed by atoms with van der Waals surface area (Å²) in [4.78, 5) is 0. The maximum Gasteiger partial charge on any atom is 0.206 e. The number of halogens is 1. The molecule has 1 nitrogen and oxygen atoms in total. The highest BCUT2D eigenvalue weighted by molar-refractivity contribution is 9.17. The van der Waals surface area contributed by atoms with E-state index in [-0.39, 0.29) is 0 Å². The van der Waals surface area contributed by atoms with E-state index in [1.807, 2.05) is 16.7 Å². The van der Waals surface area contributed by atoms with Gasteiger partial charge in [-0.1, -0.05) is 0 Å². The third-order valence-electron chi connectivity index (χ3n) is 0.665. The zero-order valence-corrected chi connectivity index (χ0v) is 5.70. The molecule has 2 heteroatoms. The molecule has 0 heterocycles. The molecule has 0 N–H and O–H groups in total. The van der Waals surface area contributed by atoms with Gasteiger partial charge in [0.15, 0.2) is 0 Å². The lowest BCUT2D eigenvalue weighted by Gasteiger charge is -1.81. The molecule has 0 saturated heterocycles. The molecular weight excluding hydrogens is 142 g/mol. The summed E-state index contributed by atoms with van der Waals surface area (Å²) in [7, 11) is 2.01. The fourth-order valence-corrected chi connectivity index (χ4v) is 0.359. The van der Waals surface area contributed by atoms with Crippen LogP contribution in [0.15, 0.2) is 0 Å². The summed E-state index contributed by atoms with van der Waals surface area (Å²) in [5.74, 6) is 0. The molecule has 0 aromatic carbocycles. The minimum atomic E-state index is 1.06. The summed E-state index contributed by atoms with van der Waals surface area (Å²) in [6.45, 7) is 3.16. The van der Waals surface area contributed by atoms with Crippen LogP contribution in [0.3, 0.4) is 0 Å². The molecule has 6 heavy (non-hydrogen) atoms. The first-order valence-electron chi connectivity index (χ1n) is 1.95. The van der Waals surface area contributed by atoms with Crippen LogP contribution in [0.2, 0.25) is 0 Å². The first-order valence-corrected chi connectivity index (χ1v) is 2.86. The fraction of sp³-hybridized carbons (Fsp3) is 0.750. The van der Waals surface area contributed by atoms with E-state index < -0.39 is 0 Å².